The number of rotatable bonds is 5. The van der Waals surface area contributed by atoms with Crippen molar-refractivity contribution >= 4 is 37.5 Å². The van der Waals surface area contributed by atoms with Gasteiger partial charge in [-0.25, -0.2) is 0 Å². The number of benzene rings is 2. The molecule has 1 N–H and O–H groups in total. The smallest absolute Gasteiger partial charge is 0.174 e. The standard InChI is InChI=1S/C16H17Br2NO2/c1-10-4-5-12(8-13(10)17)19-9-11-6-14(18)16(21-3)15(7-11)20-2/h4-8,19H,9H2,1-3H3. The molecule has 0 radical (unpaired) electrons. The summed E-state index contributed by atoms with van der Waals surface area (Å²) in [5.41, 5.74) is 3.39. The van der Waals surface area contributed by atoms with Crippen LogP contribution < -0.4 is 14.8 Å². The number of halogens is 2. The number of nitrogens with one attached hydrogen (secondary N) is 1. The van der Waals surface area contributed by atoms with Crippen LogP contribution in [-0.2, 0) is 6.54 Å². The fourth-order valence-corrected chi connectivity index (χ4v) is 3.01. The van der Waals surface area contributed by atoms with Gasteiger partial charge in [-0.05, 0) is 58.2 Å². The molecule has 2 aromatic rings. The third-order valence-electron chi connectivity index (χ3n) is 3.16. The molecule has 0 heterocycles. The second-order valence-corrected chi connectivity index (χ2v) is 6.34. The lowest BCUT2D eigenvalue weighted by Gasteiger charge is -2.13. The Balaban J connectivity index is 2.16. The molecule has 3 nitrogen and oxygen atoms in total. The molecule has 0 aliphatic carbocycles. The lowest BCUT2D eigenvalue weighted by atomic mass is 10.2. The Morgan fingerprint density at radius 1 is 1.00 bits per heavy atom. The first-order valence-electron chi connectivity index (χ1n) is 6.45. The van der Waals surface area contributed by atoms with Gasteiger partial charge in [0.05, 0.1) is 18.7 Å². The number of methoxy groups -OCH3 is 2. The molecule has 0 unspecified atom stereocenters. The monoisotopic (exact) mass is 413 g/mol. The van der Waals surface area contributed by atoms with Gasteiger partial charge in [0.15, 0.2) is 11.5 Å². The molecule has 0 aliphatic rings. The fourth-order valence-electron chi connectivity index (χ4n) is 1.98. The van der Waals surface area contributed by atoms with Gasteiger partial charge in [0, 0.05) is 16.7 Å². The van der Waals surface area contributed by atoms with Crippen LogP contribution in [0.15, 0.2) is 39.3 Å². The maximum Gasteiger partial charge on any atom is 0.174 e. The van der Waals surface area contributed by atoms with E-state index in [-0.39, 0.29) is 0 Å². The first kappa shape index (κ1) is 16.2. The second kappa shape index (κ2) is 7.18. The zero-order valence-corrected chi connectivity index (χ0v) is 15.3. The van der Waals surface area contributed by atoms with Crippen LogP contribution in [-0.4, -0.2) is 14.2 Å². The Morgan fingerprint density at radius 2 is 1.76 bits per heavy atom. The van der Waals surface area contributed by atoms with Gasteiger partial charge in [-0.2, -0.15) is 0 Å². The van der Waals surface area contributed by atoms with Gasteiger partial charge in [-0.15, -0.1) is 0 Å². The average Bonchev–Trinajstić information content (AvgIpc) is 2.47. The third-order valence-corrected chi connectivity index (χ3v) is 4.61. The highest BCUT2D eigenvalue weighted by molar-refractivity contribution is 9.10. The first-order valence-corrected chi connectivity index (χ1v) is 8.04. The fraction of sp³-hybridized carbons (Fsp3) is 0.250. The van der Waals surface area contributed by atoms with Crippen molar-refractivity contribution < 1.29 is 9.47 Å². The number of aryl methyl sites for hydroxylation is 1. The van der Waals surface area contributed by atoms with Crippen LogP contribution in [0.5, 0.6) is 11.5 Å². The van der Waals surface area contributed by atoms with Crippen molar-refractivity contribution in [1.29, 1.82) is 0 Å². The van der Waals surface area contributed by atoms with Crippen molar-refractivity contribution in [2.75, 3.05) is 19.5 Å². The van der Waals surface area contributed by atoms with Crippen molar-refractivity contribution in [2.24, 2.45) is 0 Å². The molecule has 0 saturated heterocycles. The number of hydrogen-bond donors (Lipinski definition) is 1. The highest BCUT2D eigenvalue weighted by Gasteiger charge is 2.10. The van der Waals surface area contributed by atoms with Gasteiger partial charge in [0.25, 0.3) is 0 Å². The molecule has 2 rings (SSSR count). The topological polar surface area (TPSA) is 30.5 Å². The van der Waals surface area contributed by atoms with Crippen molar-refractivity contribution in [1.82, 2.24) is 0 Å². The van der Waals surface area contributed by atoms with Gasteiger partial charge < -0.3 is 14.8 Å². The Morgan fingerprint density at radius 3 is 2.38 bits per heavy atom. The average molecular weight is 415 g/mol. The number of anilines is 1. The van der Waals surface area contributed by atoms with E-state index in [0.29, 0.717) is 18.0 Å². The van der Waals surface area contributed by atoms with Crippen LogP contribution in [0.25, 0.3) is 0 Å². The summed E-state index contributed by atoms with van der Waals surface area (Å²) >= 11 is 7.05. The zero-order chi connectivity index (χ0) is 15.4. The summed E-state index contributed by atoms with van der Waals surface area (Å²) < 4.78 is 12.6. The molecule has 0 fully saturated rings. The molecule has 0 saturated carbocycles. The normalized spacial score (nSPS) is 10.3. The van der Waals surface area contributed by atoms with E-state index in [9.17, 15) is 0 Å². The molecule has 112 valence electrons. The highest BCUT2D eigenvalue weighted by atomic mass is 79.9. The van der Waals surface area contributed by atoms with E-state index in [1.165, 1.54) is 5.56 Å². The Kier molecular flexibility index (Phi) is 5.53. The van der Waals surface area contributed by atoms with Gasteiger partial charge in [-0.1, -0.05) is 22.0 Å². The quantitative estimate of drug-likeness (QED) is 0.733. The number of hydrogen-bond acceptors (Lipinski definition) is 3. The molecule has 0 aliphatic heterocycles. The molecular weight excluding hydrogens is 398 g/mol. The summed E-state index contributed by atoms with van der Waals surface area (Å²) in [7, 11) is 3.27. The first-order chi connectivity index (χ1) is 10.0. The summed E-state index contributed by atoms with van der Waals surface area (Å²) in [6.07, 6.45) is 0. The summed E-state index contributed by atoms with van der Waals surface area (Å²) in [4.78, 5) is 0. The predicted octanol–water partition coefficient (Wildman–Crippen LogP) is 5.15. The Bertz CT molecular complexity index is 644. The van der Waals surface area contributed by atoms with Crippen molar-refractivity contribution in [2.45, 2.75) is 13.5 Å². The van der Waals surface area contributed by atoms with Crippen LogP contribution in [0.2, 0.25) is 0 Å². The second-order valence-electron chi connectivity index (χ2n) is 4.63. The van der Waals surface area contributed by atoms with E-state index in [1.807, 2.05) is 12.1 Å². The minimum absolute atomic E-state index is 0.703. The molecular formula is C16H17Br2NO2. The molecule has 0 aromatic heterocycles. The zero-order valence-electron chi connectivity index (χ0n) is 12.2. The maximum atomic E-state index is 5.35. The van der Waals surface area contributed by atoms with Gasteiger partial charge >= 0.3 is 0 Å². The lowest BCUT2D eigenvalue weighted by Crippen LogP contribution is -2.01. The van der Waals surface area contributed by atoms with Crippen molar-refractivity contribution in [3.63, 3.8) is 0 Å². The van der Waals surface area contributed by atoms with E-state index in [1.54, 1.807) is 14.2 Å². The molecule has 0 atom stereocenters. The summed E-state index contributed by atoms with van der Waals surface area (Å²) in [6.45, 7) is 2.77. The van der Waals surface area contributed by atoms with Crippen molar-refractivity contribution in [3.8, 4) is 11.5 Å². The minimum atomic E-state index is 0.703. The lowest BCUT2D eigenvalue weighted by molar-refractivity contribution is 0.352. The van der Waals surface area contributed by atoms with Crippen LogP contribution in [0, 0.1) is 6.92 Å². The van der Waals surface area contributed by atoms with Gasteiger partial charge in [0.1, 0.15) is 0 Å². The SMILES string of the molecule is COc1cc(CNc2ccc(C)c(Br)c2)cc(Br)c1OC. The molecule has 2 aromatic carbocycles. The van der Waals surface area contributed by atoms with Crippen LogP contribution in [0.1, 0.15) is 11.1 Å². The predicted molar refractivity (Wildman–Crippen MR) is 93.5 cm³/mol. The maximum absolute atomic E-state index is 5.35. The minimum Gasteiger partial charge on any atom is -0.493 e. The van der Waals surface area contributed by atoms with Crippen LogP contribution >= 0.6 is 31.9 Å². The number of ether oxygens (including phenoxy) is 2. The molecule has 0 amide bonds. The Labute approximate surface area is 141 Å². The van der Waals surface area contributed by atoms with E-state index >= 15 is 0 Å². The van der Waals surface area contributed by atoms with Crippen molar-refractivity contribution in [3.05, 3.63) is 50.4 Å². The van der Waals surface area contributed by atoms with E-state index in [4.69, 9.17) is 9.47 Å². The van der Waals surface area contributed by atoms with Crippen LogP contribution in [0.3, 0.4) is 0 Å². The molecule has 5 heteroatoms. The summed E-state index contributed by atoms with van der Waals surface area (Å²) in [6, 6.07) is 10.2. The van der Waals surface area contributed by atoms with E-state index in [2.05, 4.69) is 62.3 Å². The molecule has 0 spiro atoms. The van der Waals surface area contributed by atoms with E-state index in [0.717, 1.165) is 20.2 Å². The highest BCUT2D eigenvalue weighted by Crippen LogP contribution is 2.36. The summed E-state index contributed by atoms with van der Waals surface area (Å²) in [5.74, 6) is 1.42. The van der Waals surface area contributed by atoms with Gasteiger partial charge in [-0.3, -0.25) is 0 Å². The van der Waals surface area contributed by atoms with Crippen LogP contribution in [0.4, 0.5) is 5.69 Å². The third kappa shape index (κ3) is 3.92. The molecule has 21 heavy (non-hydrogen) atoms. The summed E-state index contributed by atoms with van der Waals surface area (Å²) in [5, 5.41) is 3.40. The Hall–Kier alpha value is -1.20. The van der Waals surface area contributed by atoms with Gasteiger partial charge in [0.2, 0.25) is 0 Å². The largest absolute Gasteiger partial charge is 0.493 e. The van der Waals surface area contributed by atoms with E-state index < -0.39 is 0 Å². The molecule has 0 bridgehead atoms.